The molecule has 2 heterocycles. The predicted molar refractivity (Wildman–Crippen MR) is 59.4 cm³/mol. The molecule has 2 rings (SSSR count). The average molecular weight is 209 g/mol. The molecule has 3 heteroatoms. The first kappa shape index (κ1) is 9.99. The zero-order valence-corrected chi connectivity index (χ0v) is 9.34. The molecule has 1 fully saturated rings. The number of nitrogens with zero attached hydrogens (tertiary/aromatic N) is 1. The highest BCUT2D eigenvalue weighted by Crippen LogP contribution is 2.42. The van der Waals surface area contributed by atoms with Crippen LogP contribution in [0.15, 0.2) is 18.3 Å². The van der Waals surface area contributed by atoms with Gasteiger partial charge in [0.15, 0.2) is 0 Å². The first-order valence-electron chi connectivity index (χ1n) is 4.90. The lowest BCUT2D eigenvalue weighted by Crippen LogP contribution is -2.31. The maximum atomic E-state index is 10.5. The summed E-state index contributed by atoms with van der Waals surface area (Å²) in [6.07, 6.45) is 2.64. The number of pyridine rings is 1. The van der Waals surface area contributed by atoms with Gasteiger partial charge in [0, 0.05) is 22.7 Å². The van der Waals surface area contributed by atoms with Gasteiger partial charge in [-0.3, -0.25) is 4.98 Å². The summed E-state index contributed by atoms with van der Waals surface area (Å²) in [5, 5.41) is 10.7. The van der Waals surface area contributed by atoms with Gasteiger partial charge in [0.2, 0.25) is 0 Å². The summed E-state index contributed by atoms with van der Waals surface area (Å²) in [6, 6.07) is 3.95. The SMILES string of the molecule is Cc1ccc(C2(O)CCSC2C)cn1. The van der Waals surface area contributed by atoms with Gasteiger partial charge in [0.05, 0.1) is 0 Å². The Morgan fingerprint density at radius 1 is 1.57 bits per heavy atom. The highest BCUT2D eigenvalue weighted by Gasteiger charge is 2.40. The van der Waals surface area contributed by atoms with Crippen molar-refractivity contribution in [3.8, 4) is 0 Å². The lowest BCUT2D eigenvalue weighted by atomic mass is 9.90. The summed E-state index contributed by atoms with van der Waals surface area (Å²) in [5.74, 6) is 1.03. The highest BCUT2D eigenvalue weighted by atomic mass is 32.2. The quantitative estimate of drug-likeness (QED) is 0.769. The first-order valence-corrected chi connectivity index (χ1v) is 5.95. The largest absolute Gasteiger partial charge is 0.384 e. The Morgan fingerprint density at radius 3 is 2.86 bits per heavy atom. The molecular weight excluding hydrogens is 194 g/mol. The van der Waals surface area contributed by atoms with Gasteiger partial charge >= 0.3 is 0 Å². The van der Waals surface area contributed by atoms with E-state index in [0.29, 0.717) is 0 Å². The fraction of sp³-hybridized carbons (Fsp3) is 0.545. The van der Waals surface area contributed by atoms with E-state index in [4.69, 9.17) is 0 Å². The Hall–Kier alpha value is -0.540. The van der Waals surface area contributed by atoms with Gasteiger partial charge in [-0.25, -0.2) is 0 Å². The maximum absolute atomic E-state index is 10.5. The van der Waals surface area contributed by atoms with Crippen molar-refractivity contribution in [3.63, 3.8) is 0 Å². The highest BCUT2D eigenvalue weighted by molar-refractivity contribution is 8.00. The van der Waals surface area contributed by atoms with Crippen molar-refractivity contribution in [2.75, 3.05) is 5.75 Å². The van der Waals surface area contributed by atoms with Crippen molar-refractivity contribution in [3.05, 3.63) is 29.6 Å². The number of hydrogen-bond donors (Lipinski definition) is 1. The second kappa shape index (κ2) is 3.55. The van der Waals surface area contributed by atoms with Crippen LogP contribution in [0.2, 0.25) is 0 Å². The molecule has 76 valence electrons. The van der Waals surface area contributed by atoms with Crippen LogP contribution in [0.25, 0.3) is 0 Å². The van der Waals surface area contributed by atoms with Crippen molar-refractivity contribution in [1.29, 1.82) is 0 Å². The van der Waals surface area contributed by atoms with Crippen LogP contribution in [0.5, 0.6) is 0 Å². The molecule has 1 aromatic rings. The van der Waals surface area contributed by atoms with Crippen LogP contribution in [0.4, 0.5) is 0 Å². The van der Waals surface area contributed by atoms with Gasteiger partial charge < -0.3 is 5.11 Å². The summed E-state index contributed by atoms with van der Waals surface area (Å²) in [5.41, 5.74) is 1.29. The van der Waals surface area contributed by atoms with Crippen LogP contribution in [-0.2, 0) is 5.60 Å². The van der Waals surface area contributed by atoms with Crippen molar-refractivity contribution >= 4 is 11.8 Å². The van der Waals surface area contributed by atoms with Crippen molar-refractivity contribution in [1.82, 2.24) is 4.98 Å². The molecule has 0 aliphatic carbocycles. The molecule has 14 heavy (non-hydrogen) atoms. The number of aryl methyl sites for hydroxylation is 1. The van der Waals surface area contributed by atoms with Crippen LogP contribution >= 0.6 is 11.8 Å². The van der Waals surface area contributed by atoms with E-state index in [-0.39, 0.29) is 5.25 Å². The van der Waals surface area contributed by atoms with E-state index in [9.17, 15) is 5.11 Å². The van der Waals surface area contributed by atoms with E-state index in [1.54, 1.807) is 6.20 Å². The van der Waals surface area contributed by atoms with Crippen molar-refractivity contribution in [2.45, 2.75) is 31.1 Å². The normalized spacial score (nSPS) is 32.1. The van der Waals surface area contributed by atoms with E-state index in [1.165, 1.54) is 0 Å². The smallest absolute Gasteiger partial charge is 0.103 e. The third kappa shape index (κ3) is 1.55. The zero-order valence-electron chi connectivity index (χ0n) is 8.53. The second-order valence-corrected chi connectivity index (χ2v) is 5.32. The fourth-order valence-corrected chi connectivity index (χ4v) is 3.15. The molecule has 2 atom stereocenters. The molecule has 1 N–H and O–H groups in total. The number of hydrogen-bond acceptors (Lipinski definition) is 3. The Morgan fingerprint density at radius 2 is 2.36 bits per heavy atom. The van der Waals surface area contributed by atoms with E-state index >= 15 is 0 Å². The standard InChI is InChI=1S/C11H15NOS/c1-8-3-4-10(7-12-8)11(13)5-6-14-9(11)2/h3-4,7,9,13H,5-6H2,1-2H3. The van der Waals surface area contributed by atoms with E-state index in [1.807, 2.05) is 30.8 Å². The molecule has 2 nitrogen and oxygen atoms in total. The monoisotopic (exact) mass is 209 g/mol. The zero-order chi connectivity index (χ0) is 10.2. The van der Waals surface area contributed by atoms with E-state index < -0.39 is 5.60 Å². The molecule has 2 unspecified atom stereocenters. The fourth-order valence-electron chi connectivity index (χ4n) is 1.84. The Kier molecular flexibility index (Phi) is 2.54. The number of aliphatic hydroxyl groups is 1. The second-order valence-electron chi connectivity index (χ2n) is 3.88. The summed E-state index contributed by atoms with van der Waals surface area (Å²) in [4.78, 5) is 4.23. The Balaban J connectivity index is 2.34. The van der Waals surface area contributed by atoms with Crippen molar-refractivity contribution in [2.24, 2.45) is 0 Å². The minimum Gasteiger partial charge on any atom is -0.384 e. The van der Waals surface area contributed by atoms with Crippen LogP contribution in [0.1, 0.15) is 24.6 Å². The minimum atomic E-state index is -0.661. The molecule has 1 aromatic heterocycles. The van der Waals surface area contributed by atoms with Crippen LogP contribution in [0.3, 0.4) is 0 Å². The molecule has 0 amide bonds. The number of aromatic nitrogens is 1. The van der Waals surface area contributed by atoms with Crippen LogP contribution < -0.4 is 0 Å². The van der Waals surface area contributed by atoms with Gasteiger partial charge in [-0.05, 0) is 25.2 Å². The minimum absolute atomic E-state index is 0.270. The molecule has 1 saturated heterocycles. The third-order valence-electron chi connectivity index (χ3n) is 2.93. The molecule has 0 radical (unpaired) electrons. The molecule has 1 aliphatic rings. The molecule has 1 aliphatic heterocycles. The van der Waals surface area contributed by atoms with Gasteiger partial charge in [0.25, 0.3) is 0 Å². The molecule has 0 bridgehead atoms. The van der Waals surface area contributed by atoms with E-state index in [2.05, 4.69) is 11.9 Å². The summed E-state index contributed by atoms with van der Waals surface area (Å²) >= 11 is 1.83. The number of rotatable bonds is 1. The Bertz CT molecular complexity index is 325. The number of thioether (sulfide) groups is 1. The Labute approximate surface area is 88.8 Å². The van der Waals surface area contributed by atoms with Crippen molar-refractivity contribution < 1.29 is 5.11 Å². The molecule has 0 aromatic carbocycles. The van der Waals surface area contributed by atoms with Gasteiger partial charge in [-0.1, -0.05) is 13.0 Å². The van der Waals surface area contributed by atoms with Gasteiger partial charge in [0.1, 0.15) is 5.60 Å². The third-order valence-corrected chi connectivity index (χ3v) is 4.26. The summed E-state index contributed by atoms with van der Waals surface area (Å²) in [6.45, 7) is 4.04. The molecular formula is C11H15NOS. The predicted octanol–water partition coefficient (Wildman–Crippen LogP) is 2.10. The van der Waals surface area contributed by atoms with E-state index in [0.717, 1.165) is 23.4 Å². The topological polar surface area (TPSA) is 33.1 Å². The van der Waals surface area contributed by atoms with Crippen LogP contribution in [0, 0.1) is 6.92 Å². The maximum Gasteiger partial charge on any atom is 0.103 e. The lowest BCUT2D eigenvalue weighted by molar-refractivity contribution is 0.0423. The van der Waals surface area contributed by atoms with Gasteiger partial charge in [-0.2, -0.15) is 11.8 Å². The summed E-state index contributed by atoms with van der Waals surface area (Å²) < 4.78 is 0. The molecule has 0 saturated carbocycles. The lowest BCUT2D eigenvalue weighted by Gasteiger charge is -2.26. The van der Waals surface area contributed by atoms with Crippen LogP contribution in [-0.4, -0.2) is 21.1 Å². The summed E-state index contributed by atoms with van der Waals surface area (Å²) in [7, 11) is 0. The molecule has 0 spiro atoms. The average Bonchev–Trinajstić information content (AvgIpc) is 2.49. The first-order chi connectivity index (χ1) is 6.63. The van der Waals surface area contributed by atoms with Gasteiger partial charge in [-0.15, -0.1) is 0 Å².